The van der Waals surface area contributed by atoms with E-state index >= 15 is 0 Å². The largest absolute Gasteiger partial charge is 0.263 e. The number of benzene rings is 2. The van der Waals surface area contributed by atoms with Crippen molar-refractivity contribution in [1.29, 1.82) is 0 Å². The van der Waals surface area contributed by atoms with Crippen LogP contribution in [0.5, 0.6) is 0 Å². The molecule has 0 radical (unpaired) electrons. The molecule has 0 aliphatic rings. The van der Waals surface area contributed by atoms with Crippen LogP contribution in [0, 0.1) is 5.82 Å². The van der Waals surface area contributed by atoms with Gasteiger partial charge in [0.05, 0.1) is 14.9 Å². The van der Waals surface area contributed by atoms with Crippen molar-refractivity contribution in [3.8, 4) is 11.1 Å². The number of nitrogens with zero attached hydrogens (tertiary/aromatic N) is 1. The van der Waals surface area contributed by atoms with Crippen molar-refractivity contribution in [2.45, 2.75) is 4.90 Å². The molecule has 0 spiro atoms. The number of sulfonamides is 1. The number of anilines is 1. The van der Waals surface area contributed by atoms with Gasteiger partial charge in [-0.3, -0.25) is 4.72 Å². The zero-order valence-corrected chi connectivity index (χ0v) is 14.9. The van der Waals surface area contributed by atoms with Crippen molar-refractivity contribution in [3.63, 3.8) is 0 Å². The normalized spacial score (nSPS) is 11.3. The third-order valence-corrected chi connectivity index (χ3v) is 5.58. The first-order valence-electron chi connectivity index (χ1n) is 7.06. The molecule has 128 valence electrons. The molecular formula is C17H11Cl2FN2O2S. The van der Waals surface area contributed by atoms with Crippen LogP contribution in [0.25, 0.3) is 11.1 Å². The summed E-state index contributed by atoms with van der Waals surface area (Å²) in [5, 5.41) is 0.811. The summed E-state index contributed by atoms with van der Waals surface area (Å²) in [6.45, 7) is 0. The van der Waals surface area contributed by atoms with E-state index < -0.39 is 15.8 Å². The maximum Gasteiger partial charge on any atom is 0.263 e. The van der Waals surface area contributed by atoms with Gasteiger partial charge in [-0.1, -0.05) is 35.3 Å². The van der Waals surface area contributed by atoms with Gasteiger partial charge in [0.25, 0.3) is 10.0 Å². The van der Waals surface area contributed by atoms with Crippen LogP contribution in [0.15, 0.2) is 65.7 Å². The highest BCUT2D eigenvalue weighted by atomic mass is 35.5. The fourth-order valence-electron chi connectivity index (χ4n) is 2.15. The summed E-state index contributed by atoms with van der Waals surface area (Å²) in [7, 11) is -3.85. The summed E-state index contributed by atoms with van der Waals surface area (Å²) < 4.78 is 39.8. The standard InChI is InChI=1S/C17H11Cl2FN2O2S/c18-15-3-1-2-14(17(15)19)11-4-9-16(21-10-11)22-25(23,24)13-7-5-12(20)6-8-13/h1-10H,(H,21,22). The van der Waals surface area contributed by atoms with Gasteiger partial charge in [-0.25, -0.2) is 17.8 Å². The van der Waals surface area contributed by atoms with Gasteiger partial charge in [-0.05, 0) is 42.5 Å². The van der Waals surface area contributed by atoms with E-state index in [-0.39, 0.29) is 10.7 Å². The van der Waals surface area contributed by atoms with Gasteiger partial charge in [-0.2, -0.15) is 0 Å². The quantitative estimate of drug-likeness (QED) is 0.675. The summed E-state index contributed by atoms with van der Waals surface area (Å²) in [6.07, 6.45) is 1.49. The maximum absolute atomic E-state index is 12.9. The molecule has 0 atom stereocenters. The highest BCUT2D eigenvalue weighted by molar-refractivity contribution is 7.92. The first kappa shape index (κ1) is 17.7. The topological polar surface area (TPSA) is 59.1 Å². The minimum Gasteiger partial charge on any atom is -0.263 e. The maximum atomic E-state index is 12.9. The highest BCUT2D eigenvalue weighted by Gasteiger charge is 2.15. The third kappa shape index (κ3) is 3.92. The lowest BCUT2D eigenvalue weighted by Crippen LogP contribution is -2.13. The monoisotopic (exact) mass is 396 g/mol. The molecule has 0 saturated carbocycles. The van der Waals surface area contributed by atoms with E-state index in [0.717, 1.165) is 12.1 Å². The predicted molar refractivity (Wildman–Crippen MR) is 96.9 cm³/mol. The summed E-state index contributed by atoms with van der Waals surface area (Å²) in [4.78, 5) is 4.03. The molecule has 1 aromatic heterocycles. The molecule has 3 rings (SSSR count). The minimum absolute atomic E-state index is 0.0577. The Hall–Kier alpha value is -2.15. The van der Waals surface area contributed by atoms with Crippen LogP contribution in [-0.2, 0) is 10.0 Å². The minimum atomic E-state index is -3.85. The van der Waals surface area contributed by atoms with Crippen molar-refractivity contribution >= 4 is 39.0 Å². The lowest BCUT2D eigenvalue weighted by atomic mass is 10.1. The van der Waals surface area contributed by atoms with E-state index in [1.165, 1.54) is 24.4 Å². The molecule has 0 fully saturated rings. The molecule has 1 N–H and O–H groups in total. The number of rotatable bonds is 4. The van der Waals surface area contributed by atoms with E-state index in [1.54, 1.807) is 24.3 Å². The Labute approximate surface area is 154 Å². The molecular weight excluding hydrogens is 386 g/mol. The number of hydrogen-bond acceptors (Lipinski definition) is 3. The number of halogens is 3. The number of hydrogen-bond donors (Lipinski definition) is 1. The molecule has 4 nitrogen and oxygen atoms in total. The molecule has 0 unspecified atom stereocenters. The molecule has 0 saturated heterocycles. The van der Waals surface area contributed by atoms with Gasteiger partial charge in [0.2, 0.25) is 0 Å². The Bertz CT molecular complexity index is 1010. The van der Waals surface area contributed by atoms with Crippen LogP contribution < -0.4 is 4.72 Å². The summed E-state index contributed by atoms with van der Waals surface area (Å²) in [5.74, 6) is -0.383. The molecule has 0 bridgehead atoms. The van der Waals surface area contributed by atoms with E-state index in [9.17, 15) is 12.8 Å². The number of aromatic nitrogens is 1. The molecule has 8 heteroatoms. The van der Waals surface area contributed by atoms with Crippen LogP contribution in [0.1, 0.15) is 0 Å². The van der Waals surface area contributed by atoms with Crippen molar-refractivity contribution in [1.82, 2.24) is 4.98 Å². The van der Waals surface area contributed by atoms with Gasteiger partial charge in [-0.15, -0.1) is 0 Å². The molecule has 0 amide bonds. The number of nitrogens with one attached hydrogen (secondary N) is 1. The molecule has 25 heavy (non-hydrogen) atoms. The second-order valence-electron chi connectivity index (χ2n) is 5.09. The zero-order chi connectivity index (χ0) is 18.0. The molecule has 3 aromatic rings. The van der Waals surface area contributed by atoms with Crippen molar-refractivity contribution in [2.24, 2.45) is 0 Å². The summed E-state index contributed by atoms with van der Waals surface area (Å²) in [5.41, 5.74) is 1.38. The summed E-state index contributed by atoms with van der Waals surface area (Å²) >= 11 is 12.2. The smallest absolute Gasteiger partial charge is 0.263 e. The van der Waals surface area contributed by atoms with Gasteiger partial charge < -0.3 is 0 Å². The van der Waals surface area contributed by atoms with Crippen molar-refractivity contribution < 1.29 is 12.8 Å². The van der Waals surface area contributed by atoms with Crippen LogP contribution in [-0.4, -0.2) is 13.4 Å². The first-order valence-corrected chi connectivity index (χ1v) is 9.29. The molecule has 1 heterocycles. The molecule has 0 aliphatic heterocycles. The van der Waals surface area contributed by atoms with Gasteiger partial charge in [0.15, 0.2) is 0 Å². The average Bonchev–Trinajstić information content (AvgIpc) is 2.58. The van der Waals surface area contributed by atoms with Gasteiger partial charge >= 0.3 is 0 Å². The fraction of sp³-hybridized carbons (Fsp3) is 0. The first-order chi connectivity index (χ1) is 11.9. The van der Waals surface area contributed by atoms with E-state index in [4.69, 9.17) is 23.2 Å². The molecule has 0 aliphatic carbocycles. The van der Waals surface area contributed by atoms with E-state index in [1.807, 2.05) is 0 Å². The van der Waals surface area contributed by atoms with Gasteiger partial charge in [0, 0.05) is 17.3 Å². The van der Waals surface area contributed by atoms with Crippen molar-refractivity contribution in [2.75, 3.05) is 4.72 Å². The van der Waals surface area contributed by atoms with Crippen molar-refractivity contribution in [3.05, 3.63) is 76.7 Å². The highest BCUT2D eigenvalue weighted by Crippen LogP contribution is 2.33. The van der Waals surface area contributed by atoms with Gasteiger partial charge in [0.1, 0.15) is 11.6 Å². The lowest BCUT2D eigenvalue weighted by molar-refractivity contribution is 0.599. The Morgan fingerprint density at radius 1 is 0.960 bits per heavy atom. The number of pyridine rings is 1. The second-order valence-corrected chi connectivity index (χ2v) is 7.56. The average molecular weight is 397 g/mol. The Morgan fingerprint density at radius 3 is 2.32 bits per heavy atom. The zero-order valence-electron chi connectivity index (χ0n) is 12.6. The second kappa shape index (κ2) is 7.00. The fourth-order valence-corrected chi connectivity index (χ4v) is 3.57. The van der Waals surface area contributed by atoms with Crippen LogP contribution >= 0.6 is 23.2 Å². The van der Waals surface area contributed by atoms with E-state index in [0.29, 0.717) is 21.2 Å². The molecule has 2 aromatic carbocycles. The Morgan fingerprint density at radius 2 is 1.68 bits per heavy atom. The van der Waals surface area contributed by atoms with Crippen LogP contribution in [0.3, 0.4) is 0 Å². The predicted octanol–water partition coefficient (Wildman–Crippen LogP) is 5.00. The van der Waals surface area contributed by atoms with Crippen LogP contribution in [0.4, 0.5) is 10.2 Å². The van der Waals surface area contributed by atoms with Crippen LogP contribution in [0.2, 0.25) is 10.0 Å². The SMILES string of the molecule is O=S(=O)(Nc1ccc(-c2cccc(Cl)c2Cl)cn1)c1ccc(F)cc1. The Balaban J connectivity index is 1.85. The Kier molecular flexibility index (Phi) is 4.94. The van der Waals surface area contributed by atoms with E-state index in [2.05, 4.69) is 9.71 Å². The lowest BCUT2D eigenvalue weighted by Gasteiger charge is -2.09. The summed E-state index contributed by atoms with van der Waals surface area (Å²) in [6, 6.07) is 12.9. The third-order valence-electron chi connectivity index (χ3n) is 3.39.